The second-order valence-electron chi connectivity index (χ2n) is 13.0. The van der Waals surface area contributed by atoms with Gasteiger partial charge in [0.1, 0.15) is 17.3 Å². The van der Waals surface area contributed by atoms with Crippen molar-refractivity contribution in [2.24, 2.45) is 35.0 Å². The Morgan fingerprint density at radius 1 is 1.02 bits per heavy atom. The Hall–Kier alpha value is -1.38. The number of hydrogen-bond donors (Lipinski definition) is 0. The molecule has 40 heavy (non-hydrogen) atoms. The first-order valence-electron chi connectivity index (χ1n) is 15.3. The molecule has 1 aliphatic heterocycles. The van der Waals surface area contributed by atoms with Crippen LogP contribution in [0.4, 0.5) is 8.78 Å². The lowest BCUT2D eigenvalue weighted by Crippen LogP contribution is -2.41. The molecule has 0 N–H and O–H groups in total. The van der Waals surface area contributed by atoms with E-state index in [0.29, 0.717) is 41.0 Å². The molecule has 4 aliphatic carbocycles. The molecule has 6 unspecified atom stereocenters. The van der Waals surface area contributed by atoms with Gasteiger partial charge >= 0.3 is 5.25 Å². The van der Waals surface area contributed by atoms with Crippen LogP contribution in [0.3, 0.4) is 0 Å². The first kappa shape index (κ1) is 28.7. The number of alkyl halides is 2. The van der Waals surface area contributed by atoms with Gasteiger partial charge in [0.05, 0.1) is 6.61 Å². The predicted octanol–water partition coefficient (Wildman–Crippen LogP) is 7.77. The quantitative estimate of drug-likeness (QED) is 0.136. The molecule has 0 spiro atoms. The summed E-state index contributed by atoms with van der Waals surface area (Å²) in [7, 11) is -5.08. The number of unbranched alkanes of at least 4 members (excludes halogenated alkanes) is 1. The van der Waals surface area contributed by atoms with Crippen LogP contribution in [0.25, 0.3) is 10.8 Å². The zero-order chi connectivity index (χ0) is 28.1. The van der Waals surface area contributed by atoms with Gasteiger partial charge in [-0.2, -0.15) is 8.78 Å². The lowest BCUT2D eigenvalue weighted by molar-refractivity contribution is -0.0187. The molecule has 4 nitrogen and oxygen atoms in total. The van der Waals surface area contributed by atoms with Crippen LogP contribution in [0.2, 0.25) is 0 Å². The third-order valence-corrected chi connectivity index (χ3v) is 14.2. The summed E-state index contributed by atoms with van der Waals surface area (Å²) in [5, 5.41) is -1.40. The van der Waals surface area contributed by atoms with Crippen molar-refractivity contribution >= 4 is 31.8 Å². The topological polar surface area (TPSA) is 66.4 Å². The normalized spacial score (nSPS) is 32.9. The molecule has 1 saturated heterocycles. The maximum atomic E-state index is 13.8. The van der Waals surface area contributed by atoms with Crippen LogP contribution in [0, 0.1) is 35.0 Å². The van der Waals surface area contributed by atoms with Crippen molar-refractivity contribution in [2.45, 2.75) is 87.7 Å². The number of hydrogen-bond acceptors (Lipinski definition) is 4. The lowest BCUT2D eigenvalue weighted by atomic mass is 9.63. The largest absolute Gasteiger partial charge is 0.743 e. The van der Waals surface area contributed by atoms with E-state index in [1.54, 1.807) is 4.90 Å². The molecule has 6 atom stereocenters. The summed E-state index contributed by atoms with van der Waals surface area (Å²) in [6.45, 7) is 3.03. The van der Waals surface area contributed by atoms with Gasteiger partial charge in [-0.15, -0.1) is 0 Å². The van der Waals surface area contributed by atoms with Crippen molar-refractivity contribution in [3.8, 4) is 5.75 Å². The average molecular weight is 593 g/mol. The minimum Gasteiger partial charge on any atom is -0.743 e. The molecule has 4 bridgehead atoms. The summed E-state index contributed by atoms with van der Waals surface area (Å²) in [6.07, 6.45) is 10.2. The van der Waals surface area contributed by atoms with Crippen molar-refractivity contribution in [3.63, 3.8) is 0 Å². The Labute approximate surface area is 240 Å². The van der Waals surface area contributed by atoms with Gasteiger partial charge in [0.2, 0.25) is 0 Å². The van der Waals surface area contributed by atoms with Gasteiger partial charge in [-0.1, -0.05) is 31.5 Å². The molecule has 0 radical (unpaired) electrons. The summed E-state index contributed by atoms with van der Waals surface area (Å²) in [6, 6.07) is 13.3. The summed E-state index contributed by atoms with van der Waals surface area (Å²) in [5.41, 5.74) is -0.573. The van der Waals surface area contributed by atoms with E-state index in [0.717, 1.165) is 44.5 Å². The SMILES string of the molecule is CCCCOc1ccc([S+]2CCCC2)c2ccccc12.O=S(=O)([O-])C(F)(F)CC12CCC(C1)C1C3CCC(C3)C12. The molecule has 0 aromatic heterocycles. The van der Waals surface area contributed by atoms with E-state index < -0.39 is 27.2 Å². The van der Waals surface area contributed by atoms with Crippen LogP contribution in [-0.2, 0) is 21.0 Å². The fraction of sp³-hybridized carbons (Fsp3) is 0.688. The van der Waals surface area contributed by atoms with Gasteiger partial charge in [0, 0.05) is 28.1 Å². The minimum absolute atomic E-state index is 0.257. The Morgan fingerprint density at radius 3 is 2.48 bits per heavy atom. The number of rotatable bonds is 8. The second kappa shape index (κ2) is 11.0. The highest BCUT2D eigenvalue weighted by Crippen LogP contribution is 2.74. The maximum Gasteiger partial charge on any atom is 0.335 e. The van der Waals surface area contributed by atoms with Crippen molar-refractivity contribution in [1.29, 1.82) is 0 Å². The van der Waals surface area contributed by atoms with Crippen molar-refractivity contribution in [1.82, 2.24) is 0 Å². The van der Waals surface area contributed by atoms with Crippen molar-refractivity contribution in [2.75, 3.05) is 18.1 Å². The molecule has 5 fully saturated rings. The molecule has 220 valence electrons. The van der Waals surface area contributed by atoms with E-state index in [1.807, 2.05) is 0 Å². The molecule has 8 heteroatoms. The summed E-state index contributed by atoms with van der Waals surface area (Å²) in [5.74, 6) is 6.27. The smallest absolute Gasteiger partial charge is 0.335 e. The van der Waals surface area contributed by atoms with E-state index in [2.05, 4.69) is 43.3 Å². The highest BCUT2D eigenvalue weighted by atomic mass is 32.2. The zero-order valence-corrected chi connectivity index (χ0v) is 25.1. The van der Waals surface area contributed by atoms with Crippen LogP contribution in [-0.4, -0.2) is 36.3 Å². The molecule has 1 heterocycles. The molecular formula is C32H42F2O4S2. The van der Waals surface area contributed by atoms with E-state index in [-0.39, 0.29) is 5.92 Å². The zero-order valence-electron chi connectivity index (χ0n) is 23.5. The monoisotopic (exact) mass is 592 g/mol. The molecular weight excluding hydrogens is 550 g/mol. The summed E-state index contributed by atoms with van der Waals surface area (Å²) >= 11 is 0. The standard InChI is InChI=1S/C18H23OS.C14H20F2O3S/c1-2-3-12-19-17-10-11-18(20-13-6-7-14-20)16-9-5-4-8-15(16)17;15-14(16,20(17,18)19)7-13-4-3-10(6-13)11-8-1-2-9(5-8)12(11)13/h4-5,8-11H,2-3,6-7,12-14H2,1H3;8-12H,1-7H2,(H,17,18,19)/q+1;/p-1. The van der Waals surface area contributed by atoms with Crippen LogP contribution in [0.5, 0.6) is 5.75 Å². The van der Waals surface area contributed by atoms with Crippen molar-refractivity contribution < 1.29 is 26.5 Å². The fourth-order valence-corrected chi connectivity index (χ4v) is 12.3. The van der Waals surface area contributed by atoms with Crippen LogP contribution >= 0.6 is 0 Å². The number of benzene rings is 2. The first-order chi connectivity index (χ1) is 19.1. The summed E-state index contributed by atoms with van der Waals surface area (Å²) < 4.78 is 66.2. The third-order valence-electron chi connectivity index (χ3n) is 10.8. The van der Waals surface area contributed by atoms with E-state index in [9.17, 15) is 21.8 Å². The lowest BCUT2D eigenvalue weighted by Gasteiger charge is -2.43. The van der Waals surface area contributed by atoms with Gasteiger partial charge in [-0.25, -0.2) is 8.42 Å². The minimum atomic E-state index is -5.54. The van der Waals surface area contributed by atoms with Gasteiger partial charge in [0.25, 0.3) is 0 Å². The van der Waals surface area contributed by atoms with Gasteiger partial charge in [-0.3, -0.25) is 0 Å². The predicted molar refractivity (Wildman–Crippen MR) is 156 cm³/mol. The van der Waals surface area contributed by atoms with Crippen LogP contribution in [0.15, 0.2) is 41.3 Å². The Kier molecular flexibility index (Phi) is 7.92. The Morgan fingerprint density at radius 2 is 1.75 bits per heavy atom. The van der Waals surface area contributed by atoms with Gasteiger partial charge in [-0.05, 0) is 111 Å². The van der Waals surface area contributed by atoms with E-state index >= 15 is 0 Å². The summed E-state index contributed by atoms with van der Waals surface area (Å²) in [4.78, 5) is 1.56. The highest BCUT2D eigenvalue weighted by Gasteiger charge is 2.68. The number of halogens is 2. The molecule has 2 aromatic carbocycles. The molecule has 0 amide bonds. The second-order valence-corrected chi connectivity index (χ2v) is 16.7. The molecule has 5 aliphatic rings. The Balaban J connectivity index is 0.000000145. The van der Waals surface area contributed by atoms with Crippen LogP contribution < -0.4 is 4.74 Å². The first-order valence-corrected chi connectivity index (χ1v) is 18.3. The maximum absolute atomic E-state index is 13.8. The average Bonchev–Trinajstić information content (AvgIpc) is 3.75. The number of ether oxygens (including phenoxy) is 1. The Bertz CT molecular complexity index is 1330. The van der Waals surface area contributed by atoms with Crippen LogP contribution in [0.1, 0.15) is 77.6 Å². The highest BCUT2D eigenvalue weighted by molar-refractivity contribution is 7.97. The van der Waals surface area contributed by atoms with E-state index in [1.165, 1.54) is 48.0 Å². The van der Waals surface area contributed by atoms with Gasteiger partial charge in [0.15, 0.2) is 15.0 Å². The number of fused-ring (bicyclic) bond motifs is 10. The van der Waals surface area contributed by atoms with Crippen molar-refractivity contribution in [3.05, 3.63) is 36.4 Å². The van der Waals surface area contributed by atoms with E-state index in [4.69, 9.17) is 4.74 Å². The third kappa shape index (κ3) is 5.08. The fourth-order valence-electron chi connectivity index (χ4n) is 9.35. The molecule has 4 saturated carbocycles. The van der Waals surface area contributed by atoms with Gasteiger partial charge < -0.3 is 9.29 Å². The molecule has 2 aromatic rings. The molecule has 7 rings (SSSR count).